The molecule has 2 saturated heterocycles. The number of nitrogens with zero attached hydrogens (tertiary/aromatic N) is 1. The number of hydrogen-bond acceptors (Lipinski definition) is 3. The molecular formula is C13H16Cl2N2O2S. The topological polar surface area (TPSA) is 49.4 Å². The lowest BCUT2D eigenvalue weighted by molar-refractivity contribution is 0.334. The van der Waals surface area contributed by atoms with Gasteiger partial charge in [0.1, 0.15) is 0 Å². The van der Waals surface area contributed by atoms with E-state index in [9.17, 15) is 8.42 Å². The van der Waals surface area contributed by atoms with E-state index < -0.39 is 10.0 Å². The molecule has 110 valence electrons. The minimum atomic E-state index is -3.51. The molecule has 0 radical (unpaired) electrons. The summed E-state index contributed by atoms with van der Waals surface area (Å²) in [6.07, 6.45) is 2.71. The first-order chi connectivity index (χ1) is 9.50. The summed E-state index contributed by atoms with van der Waals surface area (Å²) >= 11 is 11.8. The lowest BCUT2D eigenvalue weighted by Gasteiger charge is -2.27. The van der Waals surface area contributed by atoms with Crippen LogP contribution >= 0.6 is 23.2 Å². The van der Waals surface area contributed by atoms with Gasteiger partial charge in [0.15, 0.2) is 0 Å². The second kappa shape index (κ2) is 5.46. The van der Waals surface area contributed by atoms with Gasteiger partial charge in [0.05, 0.1) is 14.9 Å². The van der Waals surface area contributed by atoms with E-state index >= 15 is 0 Å². The molecule has 2 atom stereocenters. The lowest BCUT2D eigenvalue weighted by Crippen LogP contribution is -2.42. The number of sulfonamides is 1. The van der Waals surface area contributed by atoms with Crippen molar-refractivity contribution < 1.29 is 8.42 Å². The van der Waals surface area contributed by atoms with Crippen molar-refractivity contribution in [2.45, 2.75) is 36.2 Å². The first-order valence-corrected chi connectivity index (χ1v) is 8.89. The SMILES string of the molecule is O=S(=O)(c1ccc(Cl)c(Cl)c1)N1C2CCNCC1CC2. The zero-order valence-electron chi connectivity index (χ0n) is 10.9. The van der Waals surface area contributed by atoms with Crippen LogP contribution in [0, 0.1) is 0 Å². The standard InChI is InChI=1S/C13H16Cl2N2O2S/c14-12-4-3-11(7-13(12)15)20(18,19)17-9-1-2-10(17)8-16-6-5-9/h3-4,7,9-10,16H,1-2,5-6,8H2. The minimum Gasteiger partial charge on any atom is -0.315 e. The van der Waals surface area contributed by atoms with Gasteiger partial charge in [0.25, 0.3) is 0 Å². The fraction of sp³-hybridized carbons (Fsp3) is 0.538. The van der Waals surface area contributed by atoms with Gasteiger partial charge in [-0.25, -0.2) is 8.42 Å². The Morgan fingerprint density at radius 2 is 1.85 bits per heavy atom. The van der Waals surface area contributed by atoms with Gasteiger partial charge in [0, 0.05) is 18.6 Å². The number of rotatable bonds is 2. The molecule has 7 heteroatoms. The van der Waals surface area contributed by atoms with Gasteiger partial charge in [0.2, 0.25) is 10.0 Å². The molecule has 0 saturated carbocycles. The molecule has 2 unspecified atom stereocenters. The zero-order valence-corrected chi connectivity index (χ0v) is 13.2. The third kappa shape index (κ3) is 2.46. The van der Waals surface area contributed by atoms with Crippen LogP contribution in [0.25, 0.3) is 0 Å². The molecule has 0 amide bonds. The van der Waals surface area contributed by atoms with Gasteiger partial charge >= 0.3 is 0 Å². The minimum absolute atomic E-state index is 0.0435. The molecule has 0 aliphatic carbocycles. The lowest BCUT2D eigenvalue weighted by atomic mass is 10.1. The summed E-state index contributed by atoms with van der Waals surface area (Å²) in [4.78, 5) is 0.228. The van der Waals surface area contributed by atoms with Gasteiger partial charge in [-0.1, -0.05) is 23.2 Å². The van der Waals surface area contributed by atoms with Crippen molar-refractivity contribution in [3.05, 3.63) is 28.2 Å². The fourth-order valence-corrected chi connectivity index (χ4v) is 5.38. The average molecular weight is 335 g/mol. The Morgan fingerprint density at radius 3 is 2.60 bits per heavy atom. The van der Waals surface area contributed by atoms with Crippen LogP contribution in [0.1, 0.15) is 19.3 Å². The summed E-state index contributed by atoms with van der Waals surface area (Å²) in [6.45, 7) is 1.59. The quantitative estimate of drug-likeness (QED) is 0.903. The van der Waals surface area contributed by atoms with Gasteiger partial charge in [-0.2, -0.15) is 4.31 Å². The van der Waals surface area contributed by atoms with Crippen LogP contribution in [0.3, 0.4) is 0 Å². The molecule has 1 aromatic rings. The number of nitrogens with one attached hydrogen (secondary N) is 1. The molecular weight excluding hydrogens is 319 g/mol. The van der Waals surface area contributed by atoms with Gasteiger partial charge in [-0.05, 0) is 44.0 Å². The second-order valence-electron chi connectivity index (χ2n) is 5.29. The Balaban J connectivity index is 2.00. The molecule has 2 aliphatic rings. The normalized spacial score (nSPS) is 27.5. The molecule has 2 heterocycles. The van der Waals surface area contributed by atoms with E-state index in [2.05, 4.69) is 5.32 Å². The highest BCUT2D eigenvalue weighted by Gasteiger charge is 2.43. The van der Waals surface area contributed by atoms with E-state index in [1.807, 2.05) is 0 Å². The third-order valence-electron chi connectivity index (χ3n) is 4.05. The maximum Gasteiger partial charge on any atom is 0.243 e. The van der Waals surface area contributed by atoms with Crippen LogP contribution in [-0.4, -0.2) is 37.9 Å². The van der Waals surface area contributed by atoms with Crippen molar-refractivity contribution in [1.82, 2.24) is 9.62 Å². The molecule has 20 heavy (non-hydrogen) atoms. The van der Waals surface area contributed by atoms with E-state index in [-0.39, 0.29) is 22.0 Å². The smallest absolute Gasteiger partial charge is 0.243 e. The highest BCUT2D eigenvalue weighted by molar-refractivity contribution is 7.89. The van der Waals surface area contributed by atoms with E-state index in [4.69, 9.17) is 23.2 Å². The summed E-state index contributed by atoms with van der Waals surface area (Å²) in [7, 11) is -3.51. The number of halogens is 2. The van der Waals surface area contributed by atoms with E-state index in [0.717, 1.165) is 32.4 Å². The monoisotopic (exact) mass is 334 g/mol. The number of hydrogen-bond donors (Lipinski definition) is 1. The van der Waals surface area contributed by atoms with E-state index in [1.165, 1.54) is 18.2 Å². The van der Waals surface area contributed by atoms with Crippen LogP contribution in [0.5, 0.6) is 0 Å². The Morgan fingerprint density at radius 1 is 1.10 bits per heavy atom. The second-order valence-corrected chi connectivity index (χ2v) is 7.95. The third-order valence-corrected chi connectivity index (χ3v) is 6.79. The van der Waals surface area contributed by atoms with Crippen molar-refractivity contribution in [3.8, 4) is 0 Å². The highest BCUT2D eigenvalue weighted by atomic mass is 35.5. The summed E-state index contributed by atoms with van der Waals surface area (Å²) < 4.78 is 27.4. The number of fused-ring (bicyclic) bond motifs is 2. The first kappa shape index (κ1) is 14.6. The van der Waals surface area contributed by atoms with Crippen LogP contribution in [0.4, 0.5) is 0 Å². The van der Waals surface area contributed by atoms with Gasteiger partial charge < -0.3 is 5.32 Å². The Labute approximate surface area is 129 Å². The molecule has 0 aromatic heterocycles. The molecule has 2 fully saturated rings. The first-order valence-electron chi connectivity index (χ1n) is 6.69. The van der Waals surface area contributed by atoms with Crippen LogP contribution in [-0.2, 0) is 10.0 Å². The van der Waals surface area contributed by atoms with Crippen molar-refractivity contribution in [2.75, 3.05) is 13.1 Å². The number of benzene rings is 1. The van der Waals surface area contributed by atoms with E-state index in [1.54, 1.807) is 4.31 Å². The molecule has 2 bridgehead atoms. The van der Waals surface area contributed by atoms with Crippen molar-refractivity contribution in [1.29, 1.82) is 0 Å². The summed E-state index contributed by atoms with van der Waals surface area (Å²) in [5.41, 5.74) is 0. The summed E-state index contributed by atoms with van der Waals surface area (Å²) in [6, 6.07) is 4.64. The van der Waals surface area contributed by atoms with Gasteiger partial charge in [-0.3, -0.25) is 0 Å². The molecule has 0 spiro atoms. The van der Waals surface area contributed by atoms with Crippen LogP contribution in [0.2, 0.25) is 10.0 Å². The van der Waals surface area contributed by atoms with E-state index in [0.29, 0.717) is 5.02 Å². The summed E-state index contributed by atoms with van der Waals surface area (Å²) in [5, 5.41) is 3.94. The largest absolute Gasteiger partial charge is 0.315 e. The highest BCUT2D eigenvalue weighted by Crippen LogP contribution is 2.35. The molecule has 2 aliphatic heterocycles. The molecule has 3 rings (SSSR count). The maximum absolute atomic E-state index is 12.9. The Hall–Kier alpha value is -0.330. The van der Waals surface area contributed by atoms with Crippen molar-refractivity contribution in [3.63, 3.8) is 0 Å². The average Bonchev–Trinajstić information content (AvgIpc) is 2.66. The van der Waals surface area contributed by atoms with Crippen LogP contribution in [0.15, 0.2) is 23.1 Å². The maximum atomic E-state index is 12.9. The zero-order chi connectivity index (χ0) is 14.3. The summed E-state index contributed by atoms with van der Waals surface area (Å²) in [5.74, 6) is 0. The predicted octanol–water partition coefficient (Wildman–Crippen LogP) is 2.51. The molecule has 1 N–H and O–H groups in total. The molecule has 4 nitrogen and oxygen atoms in total. The molecule has 1 aromatic carbocycles. The van der Waals surface area contributed by atoms with Gasteiger partial charge in [-0.15, -0.1) is 0 Å². The Kier molecular flexibility index (Phi) is 3.99. The van der Waals surface area contributed by atoms with Crippen LogP contribution < -0.4 is 5.32 Å². The van der Waals surface area contributed by atoms with Crippen molar-refractivity contribution in [2.24, 2.45) is 0 Å². The fourth-order valence-electron chi connectivity index (χ4n) is 3.09. The van der Waals surface area contributed by atoms with Crippen molar-refractivity contribution >= 4 is 33.2 Å². The Bertz CT molecular complexity index is 607. The predicted molar refractivity (Wildman–Crippen MR) is 79.8 cm³/mol.